The first-order valence-corrected chi connectivity index (χ1v) is 16.0. The van der Waals surface area contributed by atoms with Gasteiger partial charge in [-0.2, -0.15) is 0 Å². The minimum Gasteiger partial charge on any atom is -0.293 e. The molecule has 0 aliphatic rings. The molecule has 0 aliphatic heterocycles. The molecule has 0 atom stereocenters. The van der Waals surface area contributed by atoms with Gasteiger partial charge in [0.25, 0.3) is 0 Å². The van der Waals surface area contributed by atoms with E-state index in [9.17, 15) is 0 Å². The number of hydrogen-bond donors (Lipinski definition) is 0. The van der Waals surface area contributed by atoms with E-state index in [1.165, 1.54) is 5.56 Å². The Morgan fingerprint density at radius 1 is 0.542 bits per heavy atom. The summed E-state index contributed by atoms with van der Waals surface area (Å²) < 4.78 is 2.21. The second kappa shape index (κ2) is 13.6. The van der Waals surface area contributed by atoms with Crippen molar-refractivity contribution in [3.8, 4) is 39.7 Å². The molecule has 48 heavy (non-hydrogen) atoms. The lowest BCUT2D eigenvalue weighted by Crippen LogP contribution is -1.99. The molecule has 0 N–H and O–H groups in total. The van der Waals surface area contributed by atoms with Crippen LogP contribution in [0.25, 0.3) is 67.9 Å². The van der Waals surface area contributed by atoms with Gasteiger partial charge in [0.1, 0.15) is 5.52 Å². The van der Waals surface area contributed by atoms with Crippen molar-refractivity contribution in [2.75, 3.05) is 0 Å². The minimum atomic E-state index is 0.671. The molecule has 6 nitrogen and oxygen atoms in total. The van der Waals surface area contributed by atoms with E-state index in [0.717, 1.165) is 55.8 Å². The summed E-state index contributed by atoms with van der Waals surface area (Å²) in [5.41, 5.74) is 10.3. The van der Waals surface area contributed by atoms with Crippen molar-refractivity contribution in [1.29, 1.82) is 0 Å². The number of benzene rings is 5. The van der Waals surface area contributed by atoms with E-state index < -0.39 is 0 Å². The van der Waals surface area contributed by atoms with Gasteiger partial charge in [-0.05, 0) is 50.6 Å². The molecule has 8 rings (SSSR count). The van der Waals surface area contributed by atoms with Gasteiger partial charge in [-0.3, -0.25) is 4.57 Å². The van der Waals surface area contributed by atoms with E-state index in [-0.39, 0.29) is 0 Å². The average molecular weight is 623 g/mol. The fraction of sp³-hybridized carbons (Fsp3) is 0.0714. The largest absolute Gasteiger partial charge is 0.293 e. The Morgan fingerprint density at radius 3 is 1.73 bits per heavy atom. The van der Waals surface area contributed by atoms with Crippen molar-refractivity contribution in [2.45, 2.75) is 20.8 Å². The van der Waals surface area contributed by atoms with Gasteiger partial charge >= 0.3 is 0 Å². The topological polar surface area (TPSA) is 69.4 Å². The molecule has 232 valence electrons. The number of fused-ring (bicyclic) bond motifs is 3. The van der Waals surface area contributed by atoms with Gasteiger partial charge in [0.2, 0.25) is 0 Å². The fourth-order valence-corrected chi connectivity index (χ4v) is 5.81. The lowest BCUT2D eigenvalue weighted by atomic mass is 10.0. The fourth-order valence-electron chi connectivity index (χ4n) is 5.81. The molecule has 0 spiro atoms. The van der Waals surface area contributed by atoms with E-state index in [1.54, 1.807) is 0 Å². The van der Waals surface area contributed by atoms with Crippen LogP contribution in [-0.4, -0.2) is 29.5 Å². The van der Waals surface area contributed by atoms with Crippen LogP contribution in [-0.2, 0) is 0 Å². The highest BCUT2D eigenvalue weighted by Gasteiger charge is 2.18. The Morgan fingerprint density at radius 2 is 1.10 bits per heavy atom. The second-order valence-electron chi connectivity index (χ2n) is 11.4. The van der Waals surface area contributed by atoms with E-state index in [2.05, 4.69) is 99.2 Å². The number of rotatable bonds is 5. The molecule has 0 bridgehead atoms. The number of nitrogens with zero attached hydrogens (tertiary/aromatic N) is 6. The Kier molecular flexibility index (Phi) is 8.62. The molecule has 6 heteroatoms. The molecular formula is C42H34N6. The maximum absolute atomic E-state index is 5.12. The van der Waals surface area contributed by atoms with Crippen molar-refractivity contribution >= 4 is 28.1 Å². The third-order valence-corrected chi connectivity index (χ3v) is 8.11. The van der Waals surface area contributed by atoms with Crippen molar-refractivity contribution in [3.05, 3.63) is 163 Å². The predicted molar refractivity (Wildman–Crippen MR) is 197 cm³/mol. The van der Waals surface area contributed by atoms with Crippen molar-refractivity contribution in [2.24, 2.45) is 0 Å². The van der Waals surface area contributed by atoms with E-state index in [1.807, 2.05) is 92.7 Å². The third kappa shape index (κ3) is 6.11. The van der Waals surface area contributed by atoms with Gasteiger partial charge in [0.05, 0.1) is 16.9 Å². The molecule has 8 aromatic rings. The second-order valence-corrected chi connectivity index (χ2v) is 11.4. The average Bonchev–Trinajstić information content (AvgIpc) is 3.46. The summed E-state index contributed by atoms with van der Waals surface area (Å²) in [7, 11) is 0. The van der Waals surface area contributed by atoms with Gasteiger partial charge < -0.3 is 0 Å². The van der Waals surface area contributed by atoms with Crippen LogP contribution in [0.5, 0.6) is 0 Å². The quantitative estimate of drug-likeness (QED) is 0.191. The van der Waals surface area contributed by atoms with Gasteiger partial charge in [-0.1, -0.05) is 127 Å². The molecule has 0 amide bonds. The normalized spacial score (nSPS) is 11.1. The Bertz CT molecular complexity index is 2300. The van der Waals surface area contributed by atoms with Crippen LogP contribution < -0.4 is 0 Å². The monoisotopic (exact) mass is 622 g/mol. The Labute approximate surface area is 280 Å². The lowest BCUT2D eigenvalue weighted by Gasteiger charge is -2.10. The van der Waals surface area contributed by atoms with E-state index in [4.69, 9.17) is 9.97 Å². The van der Waals surface area contributed by atoms with Crippen LogP contribution in [0, 0.1) is 13.8 Å². The van der Waals surface area contributed by atoms with Crippen LogP contribution in [0.15, 0.2) is 146 Å². The number of aryl methyl sites for hydroxylation is 2. The van der Waals surface area contributed by atoms with Crippen LogP contribution in [0.2, 0.25) is 0 Å². The molecular weight excluding hydrogens is 589 g/mol. The predicted octanol–water partition coefficient (Wildman–Crippen LogP) is 10.1. The zero-order valence-electron chi connectivity index (χ0n) is 27.1. The van der Waals surface area contributed by atoms with Crippen molar-refractivity contribution in [3.63, 3.8) is 0 Å². The molecule has 5 aromatic carbocycles. The molecule has 0 saturated heterocycles. The molecule has 0 aliphatic carbocycles. The number of hydrogen-bond acceptors (Lipinski definition) is 5. The van der Waals surface area contributed by atoms with Crippen LogP contribution in [0.1, 0.15) is 24.0 Å². The third-order valence-electron chi connectivity index (χ3n) is 8.11. The zero-order valence-corrected chi connectivity index (χ0v) is 27.1. The lowest BCUT2D eigenvalue weighted by molar-refractivity contribution is 1.04. The highest BCUT2D eigenvalue weighted by atomic mass is 15.1. The SMILES string of the molecule is C/C=C\c1nc(-c2ccccc2)nc(-c2ccccc2)n1.Cc1ccccc1-c1nc2c(nc1C)c1ccccc1n2-c1ccccc1. The first-order valence-electron chi connectivity index (χ1n) is 16.0. The summed E-state index contributed by atoms with van der Waals surface area (Å²) >= 11 is 0. The molecule has 0 unspecified atom stereocenters. The maximum atomic E-state index is 5.12. The number of para-hydroxylation sites is 2. The number of aromatic nitrogens is 6. The first kappa shape index (κ1) is 30.4. The highest BCUT2D eigenvalue weighted by Crippen LogP contribution is 2.33. The van der Waals surface area contributed by atoms with Crippen molar-refractivity contribution in [1.82, 2.24) is 29.5 Å². The summed E-state index contributed by atoms with van der Waals surface area (Å²) in [6, 6.07) is 47.0. The summed E-state index contributed by atoms with van der Waals surface area (Å²) in [6.45, 7) is 6.12. The van der Waals surface area contributed by atoms with E-state index in [0.29, 0.717) is 17.5 Å². The standard InChI is InChI=1S/C24H19N3.C18H15N3/c1-16-10-6-7-13-19(16)22-17(2)25-23-20-14-8-9-15-21(20)27(24(23)26-22)18-11-4-3-5-12-18;1-2-9-16-19-17(14-10-5-3-6-11-14)21-18(20-16)15-12-7-4-8-13-15/h3-15H,1-2H3;2-13H,1H3/b;9-2-. The van der Waals surface area contributed by atoms with E-state index >= 15 is 0 Å². The smallest absolute Gasteiger partial charge is 0.165 e. The Hall–Kier alpha value is -6.27. The molecule has 3 heterocycles. The molecule has 0 fully saturated rings. The summed E-state index contributed by atoms with van der Waals surface area (Å²) in [5.74, 6) is 2.06. The summed E-state index contributed by atoms with van der Waals surface area (Å²) in [4.78, 5) is 23.7. The van der Waals surface area contributed by atoms with Crippen molar-refractivity contribution < 1.29 is 0 Å². The molecule has 0 saturated carbocycles. The van der Waals surface area contributed by atoms with Gasteiger partial charge in [0, 0.05) is 27.8 Å². The first-order chi connectivity index (χ1) is 23.6. The maximum Gasteiger partial charge on any atom is 0.165 e. The van der Waals surface area contributed by atoms with Gasteiger partial charge in [0.15, 0.2) is 23.1 Å². The van der Waals surface area contributed by atoms with Gasteiger partial charge in [-0.15, -0.1) is 0 Å². The highest BCUT2D eigenvalue weighted by molar-refractivity contribution is 6.06. The van der Waals surface area contributed by atoms with Crippen LogP contribution >= 0.6 is 0 Å². The summed E-state index contributed by atoms with van der Waals surface area (Å²) in [5, 5.41) is 1.13. The minimum absolute atomic E-state index is 0.671. The van der Waals surface area contributed by atoms with Gasteiger partial charge in [-0.25, -0.2) is 24.9 Å². The van der Waals surface area contributed by atoms with Crippen LogP contribution in [0.3, 0.4) is 0 Å². The summed E-state index contributed by atoms with van der Waals surface area (Å²) in [6.07, 6.45) is 3.82. The molecule has 0 radical (unpaired) electrons. The zero-order chi connectivity index (χ0) is 32.9. The van der Waals surface area contributed by atoms with Crippen LogP contribution in [0.4, 0.5) is 0 Å². The Balaban J connectivity index is 0.000000157. The molecule has 3 aromatic heterocycles. The number of allylic oxidation sites excluding steroid dienone is 1.